The zero-order chi connectivity index (χ0) is 22.4. The summed E-state index contributed by atoms with van der Waals surface area (Å²) in [5, 5.41) is 19.7. The number of carboxylic acids is 1. The van der Waals surface area contributed by atoms with Crippen LogP contribution in [0.3, 0.4) is 0 Å². The highest BCUT2D eigenvalue weighted by Crippen LogP contribution is 2.17. The van der Waals surface area contributed by atoms with Gasteiger partial charge in [0.25, 0.3) is 11.6 Å². The lowest BCUT2D eigenvalue weighted by Crippen LogP contribution is -2.50. The molecule has 31 heavy (non-hydrogen) atoms. The van der Waals surface area contributed by atoms with E-state index >= 15 is 0 Å². The maximum atomic E-state index is 12.6. The summed E-state index contributed by atoms with van der Waals surface area (Å²) in [7, 11) is 0. The van der Waals surface area contributed by atoms with Crippen molar-refractivity contribution in [1.82, 2.24) is 9.80 Å². The monoisotopic (exact) mass is 427 g/mol. The maximum absolute atomic E-state index is 12.6. The van der Waals surface area contributed by atoms with Crippen LogP contribution < -0.4 is 4.74 Å². The predicted molar refractivity (Wildman–Crippen MR) is 109 cm³/mol. The Labute approximate surface area is 177 Å². The fourth-order valence-corrected chi connectivity index (χ4v) is 3.21. The highest BCUT2D eigenvalue weighted by Gasteiger charge is 2.25. The number of ether oxygens (including phenoxy) is 1. The second kappa shape index (κ2) is 9.70. The van der Waals surface area contributed by atoms with E-state index < -0.39 is 10.9 Å². The molecule has 0 aliphatic carbocycles. The molecule has 1 N–H and O–H groups in total. The number of carbonyl (C=O) groups excluding carboxylic acids is 2. The van der Waals surface area contributed by atoms with E-state index in [-0.39, 0.29) is 36.1 Å². The van der Waals surface area contributed by atoms with Gasteiger partial charge < -0.3 is 19.6 Å². The van der Waals surface area contributed by atoms with Crippen molar-refractivity contribution < 1.29 is 29.2 Å². The second-order valence-electron chi connectivity index (χ2n) is 6.91. The fourth-order valence-electron chi connectivity index (χ4n) is 3.21. The first-order valence-corrected chi connectivity index (χ1v) is 9.63. The lowest BCUT2D eigenvalue weighted by molar-refractivity contribution is -0.384. The Hall–Kier alpha value is -3.95. The molecule has 1 heterocycles. The Morgan fingerprint density at radius 1 is 0.968 bits per heavy atom. The lowest BCUT2D eigenvalue weighted by atomic mass is 10.1. The van der Waals surface area contributed by atoms with Gasteiger partial charge in [-0.25, -0.2) is 4.79 Å². The smallest absolute Gasteiger partial charge is 0.335 e. The number of hydrogen-bond donors (Lipinski definition) is 1. The van der Waals surface area contributed by atoms with Gasteiger partial charge in [-0.2, -0.15) is 0 Å². The van der Waals surface area contributed by atoms with E-state index in [1.165, 1.54) is 42.5 Å². The molecule has 1 aliphatic heterocycles. The minimum absolute atomic E-state index is 0.0365. The normalized spacial score (nSPS) is 13.5. The molecule has 1 fully saturated rings. The summed E-state index contributed by atoms with van der Waals surface area (Å²) in [5.74, 6) is -1.03. The molecule has 3 rings (SSSR count). The van der Waals surface area contributed by atoms with Crippen molar-refractivity contribution in [2.75, 3.05) is 32.8 Å². The second-order valence-corrected chi connectivity index (χ2v) is 6.91. The Kier molecular flexibility index (Phi) is 6.81. The number of nitro groups is 1. The molecule has 162 valence electrons. The first-order valence-electron chi connectivity index (χ1n) is 9.63. The van der Waals surface area contributed by atoms with E-state index in [2.05, 4.69) is 0 Å². The van der Waals surface area contributed by atoms with Crippen molar-refractivity contribution in [3.63, 3.8) is 0 Å². The van der Waals surface area contributed by atoms with Crippen molar-refractivity contribution in [2.24, 2.45) is 0 Å². The van der Waals surface area contributed by atoms with E-state index in [1.54, 1.807) is 15.9 Å². The lowest BCUT2D eigenvalue weighted by Gasteiger charge is -2.35. The number of non-ortho nitro benzene ring substituents is 1. The number of carbonyl (C=O) groups is 3. The minimum atomic E-state index is -1.10. The van der Waals surface area contributed by atoms with Gasteiger partial charge in [0.1, 0.15) is 5.75 Å². The van der Waals surface area contributed by atoms with Gasteiger partial charge in [-0.1, -0.05) is 6.07 Å². The number of amides is 2. The molecule has 1 aliphatic rings. The third-order valence-corrected chi connectivity index (χ3v) is 4.91. The topological polar surface area (TPSA) is 130 Å². The van der Waals surface area contributed by atoms with E-state index in [1.807, 2.05) is 0 Å². The zero-order valence-corrected chi connectivity index (χ0v) is 16.6. The van der Waals surface area contributed by atoms with E-state index in [0.717, 1.165) is 0 Å². The molecule has 0 bridgehead atoms. The van der Waals surface area contributed by atoms with Crippen LogP contribution in [0.5, 0.6) is 5.75 Å². The molecule has 2 amide bonds. The van der Waals surface area contributed by atoms with Crippen LogP contribution in [0.4, 0.5) is 5.69 Å². The Morgan fingerprint density at radius 3 is 2.19 bits per heavy atom. The number of piperazine rings is 1. The average Bonchev–Trinajstić information content (AvgIpc) is 2.79. The summed E-state index contributed by atoms with van der Waals surface area (Å²) in [6.07, 6.45) is 0.144. The molecule has 0 unspecified atom stereocenters. The van der Waals surface area contributed by atoms with Gasteiger partial charge in [-0.05, 0) is 30.3 Å². The molecule has 10 heteroatoms. The van der Waals surface area contributed by atoms with Crippen LogP contribution >= 0.6 is 0 Å². The van der Waals surface area contributed by atoms with Crippen molar-refractivity contribution in [3.8, 4) is 5.75 Å². The van der Waals surface area contributed by atoms with Crippen LogP contribution in [0.2, 0.25) is 0 Å². The highest BCUT2D eigenvalue weighted by atomic mass is 16.6. The summed E-state index contributed by atoms with van der Waals surface area (Å²) >= 11 is 0. The largest absolute Gasteiger partial charge is 0.493 e. The highest BCUT2D eigenvalue weighted by molar-refractivity contribution is 5.97. The summed E-state index contributed by atoms with van der Waals surface area (Å²) in [5.41, 5.74) is 0.314. The molecule has 2 aromatic rings. The Bertz CT molecular complexity index is 983. The fraction of sp³-hybridized carbons (Fsp3) is 0.286. The van der Waals surface area contributed by atoms with Crippen molar-refractivity contribution >= 4 is 23.5 Å². The zero-order valence-electron chi connectivity index (χ0n) is 16.6. The summed E-state index contributed by atoms with van der Waals surface area (Å²) in [4.78, 5) is 49.5. The molecule has 0 aromatic heterocycles. The van der Waals surface area contributed by atoms with Crippen molar-refractivity contribution in [1.29, 1.82) is 0 Å². The van der Waals surface area contributed by atoms with Gasteiger partial charge in [-0.3, -0.25) is 19.7 Å². The number of hydrogen-bond acceptors (Lipinski definition) is 6. The van der Waals surface area contributed by atoms with Crippen molar-refractivity contribution in [2.45, 2.75) is 6.42 Å². The average molecular weight is 427 g/mol. The van der Waals surface area contributed by atoms with E-state index in [9.17, 15) is 24.5 Å². The molecule has 2 aromatic carbocycles. The van der Waals surface area contributed by atoms with Crippen LogP contribution in [0.1, 0.15) is 27.1 Å². The number of aromatic carboxylic acids is 1. The molecule has 0 atom stereocenters. The molecule has 10 nitrogen and oxygen atoms in total. The van der Waals surface area contributed by atoms with E-state index in [0.29, 0.717) is 37.5 Å². The van der Waals surface area contributed by atoms with Crippen molar-refractivity contribution in [3.05, 3.63) is 69.8 Å². The molecule has 0 radical (unpaired) electrons. The quantitative estimate of drug-likeness (QED) is 0.528. The minimum Gasteiger partial charge on any atom is -0.493 e. The standard InChI is InChI=1S/C21H21N3O7/c25-19(8-13-31-18-6-4-17(5-7-18)24(29)30)22-9-11-23(12-10-22)20(26)15-2-1-3-16(14-15)21(27)28/h1-7,14H,8-13H2,(H,27,28). The van der Waals surface area contributed by atoms with Gasteiger partial charge in [0, 0.05) is 43.9 Å². The molecule has 0 spiro atoms. The number of nitrogens with zero attached hydrogens (tertiary/aromatic N) is 3. The molecule has 1 saturated heterocycles. The number of benzene rings is 2. The Morgan fingerprint density at radius 2 is 1.58 bits per heavy atom. The van der Waals surface area contributed by atoms with Crippen LogP contribution in [0.15, 0.2) is 48.5 Å². The first-order chi connectivity index (χ1) is 14.8. The SMILES string of the molecule is O=C(O)c1cccc(C(=O)N2CCN(C(=O)CCOc3ccc([N+](=O)[O-])cc3)CC2)c1. The molecule has 0 saturated carbocycles. The third-order valence-electron chi connectivity index (χ3n) is 4.91. The van der Waals surface area contributed by atoms with Gasteiger partial charge in [0.05, 0.1) is 23.5 Å². The first kappa shape index (κ1) is 21.8. The van der Waals surface area contributed by atoms with Gasteiger partial charge >= 0.3 is 5.97 Å². The van der Waals surface area contributed by atoms with Gasteiger partial charge in [0.2, 0.25) is 5.91 Å². The van der Waals surface area contributed by atoms with Crippen LogP contribution in [-0.2, 0) is 4.79 Å². The van der Waals surface area contributed by atoms with Crippen LogP contribution in [0, 0.1) is 10.1 Å². The Balaban J connectivity index is 1.45. The maximum Gasteiger partial charge on any atom is 0.335 e. The number of nitro benzene ring substituents is 1. The summed E-state index contributed by atoms with van der Waals surface area (Å²) in [6, 6.07) is 11.5. The van der Waals surface area contributed by atoms with E-state index in [4.69, 9.17) is 9.84 Å². The summed E-state index contributed by atoms with van der Waals surface area (Å²) < 4.78 is 5.47. The third kappa shape index (κ3) is 5.56. The number of rotatable bonds is 7. The number of carboxylic acid groups (broad SMARTS) is 1. The van der Waals surface area contributed by atoms with Crippen LogP contribution in [-0.4, -0.2) is 70.4 Å². The molecular weight excluding hydrogens is 406 g/mol. The predicted octanol–water partition coefficient (Wildman–Crippen LogP) is 2.05. The van der Waals surface area contributed by atoms with Gasteiger partial charge in [0.15, 0.2) is 0 Å². The summed E-state index contributed by atoms with van der Waals surface area (Å²) in [6.45, 7) is 1.59. The van der Waals surface area contributed by atoms with Gasteiger partial charge in [-0.15, -0.1) is 0 Å². The molecular formula is C21H21N3O7. The van der Waals surface area contributed by atoms with Crippen LogP contribution in [0.25, 0.3) is 0 Å².